The van der Waals surface area contributed by atoms with Crippen molar-refractivity contribution in [2.24, 2.45) is 0 Å². The van der Waals surface area contributed by atoms with Crippen molar-refractivity contribution in [3.8, 4) is 17.2 Å². The van der Waals surface area contributed by atoms with Crippen LogP contribution in [0.3, 0.4) is 0 Å². The summed E-state index contributed by atoms with van der Waals surface area (Å²) < 4.78 is 37.7. The second kappa shape index (κ2) is 9.53. The lowest BCUT2D eigenvalue weighted by Crippen LogP contribution is -2.34. The molecule has 8 heteroatoms. The van der Waals surface area contributed by atoms with Crippen LogP contribution in [-0.2, 0) is 16.3 Å². The molecule has 7 nitrogen and oxygen atoms in total. The second-order valence-corrected chi connectivity index (χ2v) is 8.79. The minimum atomic E-state index is -3.93. The van der Waals surface area contributed by atoms with Crippen molar-refractivity contribution in [2.75, 3.05) is 6.61 Å². The van der Waals surface area contributed by atoms with Crippen molar-refractivity contribution in [3.63, 3.8) is 0 Å². The molecule has 1 atom stereocenters. The van der Waals surface area contributed by atoms with Crippen molar-refractivity contribution in [1.29, 1.82) is 0 Å². The number of hydrogen-bond donors (Lipinski definition) is 2. The van der Waals surface area contributed by atoms with Crippen LogP contribution in [-0.4, -0.2) is 36.6 Å². The van der Waals surface area contributed by atoms with E-state index in [1.807, 2.05) is 19.1 Å². The van der Waals surface area contributed by atoms with Crippen molar-refractivity contribution in [3.05, 3.63) is 83.9 Å². The second-order valence-electron chi connectivity index (χ2n) is 6.70. The quantitative estimate of drug-likeness (QED) is 0.517. The Morgan fingerprint density at radius 2 is 1.61 bits per heavy atom. The Morgan fingerprint density at radius 3 is 2.23 bits per heavy atom. The smallest absolute Gasteiger partial charge is 0.339 e. The van der Waals surface area contributed by atoms with Gasteiger partial charge in [-0.05, 0) is 54.4 Å². The highest BCUT2D eigenvalue weighted by molar-refractivity contribution is 7.92. The van der Waals surface area contributed by atoms with Crippen LogP contribution < -0.4 is 9.47 Å². The highest BCUT2D eigenvalue weighted by Crippen LogP contribution is 2.25. The number of carbonyl (C=O) groups is 1. The standard InChI is InChI=1S/C23H22O7S/c1-2-16-8-10-17(11-9-16)30-22(31(27,28)19-6-4-3-5-7-19)15-29-18-12-13-21(24)20(14-18)23(25)26/h3-14,22,24H,2,15H2,1H3,(H,25,26). The van der Waals surface area contributed by atoms with E-state index in [0.717, 1.165) is 18.1 Å². The van der Waals surface area contributed by atoms with Crippen LogP contribution in [0.1, 0.15) is 22.8 Å². The van der Waals surface area contributed by atoms with Gasteiger partial charge in [-0.25, -0.2) is 13.2 Å². The van der Waals surface area contributed by atoms with E-state index < -0.39 is 33.6 Å². The molecule has 0 saturated carbocycles. The Balaban J connectivity index is 1.88. The van der Waals surface area contributed by atoms with E-state index in [4.69, 9.17) is 14.6 Å². The number of phenols is 1. The van der Waals surface area contributed by atoms with Gasteiger partial charge in [-0.1, -0.05) is 37.3 Å². The average molecular weight is 442 g/mol. The Labute approximate surface area is 180 Å². The van der Waals surface area contributed by atoms with Gasteiger partial charge in [0.1, 0.15) is 29.4 Å². The Kier molecular flexibility index (Phi) is 6.81. The fraction of sp³-hybridized carbons (Fsp3) is 0.174. The van der Waals surface area contributed by atoms with Gasteiger partial charge in [0.15, 0.2) is 0 Å². The molecular weight excluding hydrogens is 420 g/mol. The van der Waals surface area contributed by atoms with Crippen molar-refractivity contribution >= 4 is 15.8 Å². The van der Waals surface area contributed by atoms with E-state index in [-0.39, 0.29) is 16.2 Å². The van der Waals surface area contributed by atoms with Crippen LogP contribution >= 0.6 is 0 Å². The molecule has 0 bridgehead atoms. The molecular formula is C23H22O7S. The highest BCUT2D eigenvalue weighted by Gasteiger charge is 2.30. The third-order valence-electron chi connectivity index (χ3n) is 4.60. The number of hydrogen-bond acceptors (Lipinski definition) is 6. The maximum Gasteiger partial charge on any atom is 0.339 e. The van der Waals surface area contributed by atoms with Gasteiger partial charge in [0.2, 0.25) is 15.3 Å². The first-order chi connectivity index (χ1) is 14.8. The summed E-state index contributed by atoms with van der Waals surface area (Å²) in [7, 11) is -3.93. The van der Waals surface area contributed by atoms with Crippen LogP contribution in [0.15, 0.2) is 77.7 Å². The van der Waals surface area contributed by atoms with Crippen LogP contribution in [0.4, 0.5) is 0 Å². The third-order valence-corrected chi connectivity index (χ3v) is 6.46. The molecule has 3 aromatic rings. The molecule has 1 unspecified atom stereocenters. The fourth-order valence-corrected chi connectivity index (χ4v) is 4.17. The number of sulfone groups is 1. The number of carboxylic acid groups (broad SMARTS) is 1. The molecule has 0 aromatic heterocycles. The number of aryl methyl sites for hydroxylation is 1. The Morgan fingerprint density at radius 1 is 0.968 bits per heavy atom. The Hall–Kier alpha value is -3.52. The van der Waals surface area contributed by atoms with Gasteiger partial charge in [-0.3, -0.25) is 0 Å². The van der Waals surface area contributed by atoms with Crippen molar-refractivity contribution in [2.45, 2.75) is 23.7 Å². The van der Waals surface area contributed by atoms with E-state index in [0.29, 0.717) is 5.75 Å². The third kappa shape index (κ3) is 5.35. The number of benzene rings is 3. The van der Waals surface area contributed by atoms with E-state index in [9.17, 15) is 18.3 Å². The van der Waals surface area contributed by atoms with Crippen LogP contribution in [0.25, 0.3) is 0 Å². The first-order valence-corrected chi connectivity index (χ1v) is 11.1. The Bertz CT molecular complexity index is 1140. The highest BCUT2D eigenvalue weighted by atomic mass is 32.2. The van der Waals surface area contributed by atoms with E-state index in [1.54, 1.807) is 30.3 Å². The summed E-state index contributed by atoms with van der Waals surface area (Å²) in [4.78, 5) is 11.3. The fourth-order valence-electron chi connectivity index (χ4n) is 2.84. The van der Waals surface area contributed by atoms with E-state index in [2.05, 4.69) is 0 Å². The molecule has 0 heterocycles. The lowest BCUT2D eigenvalue weighted by molar-refractivity contribution is 0.0693. The molecule has 3 aromatic carbocycles. The summed E-state index contributed by atoms with van der Waals surface area (Å²) >= 11 is 0. The minimum absolute atomic E-state index is 0.0747. The monoisotopic (exact) mass is 442 g/mol. The predicted molar refractivity (Wildman–Crippen MR) is 114 cm³/mol. The van der Waals surface area contributed by atoms with E-state index in [1.165, 1.54) is 24.3 Å². The molecule has 3 rings (SSSR count). The first-order valence-electron chi connectivity index (χ1n) is 9.55. The van der Waals surface area contributed by atoms with Gasteiger partial charge in [-0.2, -0.15) is 0 Å². The van der Waals surface area contributed by atoms with Gasteiger partial charge >= 0.3 is 5.97 Å². The maximum absolute atomic E-state index is 13.2. The zero-order valence-electron chi connectivity index (χ0n) is 16.8. The number of rotatable bonds is 9. The molecule has 0 saturated heterocycles. The summed E-state index contributed by atoms with van der Waals surface area (Å²) in [6.07, 6.45) is 0.835. The van der Waals surface area contributed by atoms with Gasteiger partial charge in [0.05, 0.1) is 4.90 Å². The lowest BCUT2D eigenvalue weighted by atomic mass is 10.2. The van der Waals surface area contributed by atoms with Gasteiger partial charge in [0.25, 0.3) is 0 Å². The SMILES string of the molecule is CCc1ccc(OC(COc2ccc(O)c(C(=O)O)c2)S(=O)(=O)c2ccccc2)cc1. The number of ether oxygens (including phenoxy) is 2. The summed E-state index contributed by atoms with van der Waals surface area (Å²) in [5.74, 6) is -1.29. The lowest BCUT2D eigenvalue weighted by Gasteiger charge is -2.20. The predicted octanol–water partition coefficient (Wildman–Crippen LogP) is 3.91. The zero-order chi connectivity index (χ0) is 22.4. The molecule has 31 heavy (non-hydrogen) atoms. The number of aromatic hydroxyl groups is 1. The van der Waals surface area contributed by atoms with Crippen molar-refractivity contribution in [1.82, 2.24) is 0 Å². The summed E-state index contributed by atoms with van der Waals surface area (Å²) in [5, 5.41) is 18.8. The van der Waals surface area contributed by atoms with Crippen LogP contribution in [0, 0.1) is 0 Å². The molecule has 0 amide bonds. The summed E-state index contributed by atoms with van der Waals surface area (Å²) in [5.41, 5.74) is -0.656. The molecule has 2 N–H and O–H groups in total. The van der Waals surface area contributed by atoms with Gasteiger partial charge < -0.3 is 19.7 Å². The molecule has 0 radical (unpaired) electrons. The van der Waals surface area contributed by atoms with Gasteiger partial charge in [0, 0.05) is 0 Å². The average Bonchev–Trinajstić information content (AvgIpc) is 2.78. The first kappa shape index (κ1) is 22.2. The maximum atomic E-state index is 13.2. The van der Waals surface area contributed by atoms with Gasteiger partial charge in [-0.15, -0.1) is 0 Å². The van der Waals surface area contributed by atoms with Crippen LogP contribution in [0.5, 0.6) is 17.2 Å². The summed E-state index contributed by atoms with van der Waals surface area (Å²) in [6, 6.07) is 18.6. The van der Waals surface area contributed by atoms with Crippen molar-refractivity contribution < 1.29 is 32.9 Å². The molecule has 0 fully saturated rings. The molecule has 0 aliphatic rings. The molecule has 0 spiro atoms. The van der Waals surface area contributed by atoms with E-state index >= 15 is 0 Å². The van der Waals surface area contributed by atoms with Crippen LogP contribution in [0.2, 0.25) is 0 Å². The topological polar surface area (TPSA) is 110 Å². The number of carboxylic acids is 1. The largest absolute Gasteiger partial charge is 0.507 e. The zero-order valence-corrected chi connectivity index (χ0v) is 17.6. The minimum Gasteiger partial charge on any atom is -0.507 e. The molecule has 0 aliphatic carbocycles. The normalized spacial score (nSPS) is 12.2. The summed E-state index contributed by atoms with van der Waals surface area (Å²) in [6.45, 7) is 1.62. The molecule has 0 aliphatic heterocycles. The molecule has 162 valence electrons. The number of aromatic carboxylic acids is 1.